The first-order valence-corrected chi connectivity index (χ1v) is 9.60. The number of nitrogens with one attached hydrogen (secondary N) is 1. The number of hydrogen-bond donors (Lipinski definition) is 1. The number of aromatic nitrogens is 1. The average molecular weight is 359 g/mol. The number of hydrogen-bond acceptors (Lipinski definition) is 4. The van der Waals surface area contributed by atoms with Crippen LogP contribution in [-0.2, 0) is 11.3 Å². The van der Waals surface area contributed by atoms with Crippen LogP contribution >= 0.6 is 11.3 Å². The molecule has 0 spiro atoms. The molecule has 134 valence electrons. The fourth-order valence-corrected chi connectivity index (χ4v) is 3.75. The van der Waals surface area contributed by atoms with Gasteiger partial charge in [-0.1, -0.05) is 24.3 Å². The molecule has 0 saturated carbocycles. The number of benzene rings is 1. The van der Waals surface area contributed by atoms with Gasteiger partial charge in [-0.3, -0.25) is 0 Å². The fourth-order valence-electron chi connectivity index (χ4n) is 3.03. The van der Waals surface area contributed by atoms with Crippen LogP contribution in [-0.4, -0.2) is 42.1 Å². The van der Waals surface area contributed by atoms with Crippen LogP contribution in [0, 0.1) is 13.8 Å². The van der Waals surface area contributed by atoms with Gasteiger partial charge in [0.1, 0.15) is 6.10 Å². The summed E-state index contributed by atoms with van der Waals surface area (Å²) in [4.78, 5) is 12.6. The Balaban J connectivity index is 1.73. The number of rotatable bonds is 4. The highest BCUT2D eigenvalue weighted by atomic mass is 32.1. The van der Waals surface area contributed by atoms with Crippen molar-refractivity contribution in [2.45, 2.75) is 33.4 Å². The molecular formula is C19H26N4OS. The molecule has 25 heavy (non-hydrogen) atoms. The van der Waals surface area contributed by atoms with Crippen molar-refractivity contribution in [1.29, 1.82) is 0 Å². The summed E-state index contributed by atoms with van der Waals surface area (Å²) in [6, 6.07) is 8.45. The minimum atomic E-state index is 0.0875. The van der Waals surface area contributed by atoms with Crippen LogP contribution in [0.1, 0.15) is 34.0 Å². The van der Waals surface area contributed by atoms with E-state index >= 15 is 0 Å². The van der Waals surface area contributed by atoms with Crippen LogP contribution in [0.3, 0.4) is 0 Å². The highest BCUT2D eigenvalue weighted by molar-refractivity contribution is 7.11. The van der Waals surface area contributed by atoms with E-state index in [4.69, 9.17) is 9.73 Å². The summed E-state index contributed by atoms with van der Waals surface area (Å²) in [5.41, 5.74) is 2.54. The summed E-state index contributed by atoms with van der Waals surface area (Å²) >= 11 is 1.70. The van der Waals surface area contributed by atoms with Gasteiger partial charge in [-0.05, 0) is 31.9 Å². The van der Waals surface area contributed by atoms with Gasteiger partial charge in [0.05, 0.1) is 24.7 Å². The second-order valence-corrected chi connectivity index (χ2v) is 7.50. The molecule has 0 bridgehead atoms. The molecule has 2 heterocycles. The largest absolute Gasteiger partial charge is 0.370 e. The fraction of sp³-hybridized carbons (Fsp3) is 0.474. The van der Waals surface area contributed by atoms with Gasteiger partial charge in [-0.25, -0.2) is 9.98 Å². The molecule has 1 aromatic carbocycles. The Morgan fingerprint density at radius 1 is 1.40 bits per heavy atom. The third-order valence-corrected chi connectivity index (χ3v) is 5.19. The number of guanidine groups is 1. The van der Waals surface area contributed by atoms with Crippen molar-refractivity contribution < 1.29 is 4.74 Å². The van der Waals surface area contributed by atoms with E-state index in [1.807, 2.05) is 13.1 Å². The molecule has 0 radical (unpaired) electrons. The molecule has 1 unspecified atom stereocenters. The van der Waals surface area contributed by atoms with Crippen LogP contribution in [0.25, 0.3) is 0 Å². The number of nitrogens with zero attached hydrogens (tertiary/aromatic N) is 3. The van der Waals surface area contributed by atoms with Crippen LogP contribution in [0.5, 0.6) is 0 Å². The molecule has 3 rings (SSSR count). The van der Waals surface area contributed by atoms with E-state index in [-0.39, 0.29) is 6.10 Å². The summed E-state index contributed by atoms with van der Waals surface area (Å²) in [6.45, 7) is 10.2. The van der Waals surface area contributed by atoms with E-state index < -0.39 is 0 Å². The molecule has 1 aliphatic rings. The molecule has 0 amide bonds. The van der Waals surface area contributed by atoms with Crippen molar-refractivity contribution in [3.05, 3.63) is 51.5 Å². The van der Waals surface area contributed by atoms with Gasteiger partial charge in [0.2, 0.25) is 0 Å². The maximum atomic E-state index is 6.04. The summed E-state index contributed by atoms with van der Waals surface area (Å²) in [5, 5.41) is 4.51. The molecule has 1 N–H and O–H groups in total. The molecule has 1 saturated heterocycles. The lowest BCUT2D eigenvalue weighted by molar-refractivity contribution is -0.00833. The first kappa shape index (κ1) is 17.9. The lowest BCUT2D eigenvalue weighted by Gasteiger charge is -2.35. The molecule has 1 fully saturated rings. The normalized spacial score (nSPS) is 18.4. The SMILES string of the molecule is CCNC(=NCc1cnc(C)s1)N1CCOC(c2ccccc2C)C1. The van der Waals surface area contributed by atoms with Crippen molar-refractivity contribution in [2.75, 3.05) is 26.2 Å². The molecule has 1 aromatic heterocycles. The number of aryl methyl sites for hydroxylation is 2. The Bertz CT molecular complexity index is 728. The first-order chi connectivity index (χ1) is 12.2. The zero-order chi connectivity index (χ0) is 17.6. The van der Waals surface area contributed by atoms with Crippen LogP contribution in [0.2, 0.25) is 0 Å². The smallest absolute Gasteiger partial charge is 0.194 e. The molecule has 6 heteroatoms. The van der Waals surface area contributed by atoms with Crippen LogP contribution < -0.4 is 5.32 Å². The molecule has 2 aromatic rings. The van der Waals surface area contributed by atoms with Gasteiger partial charge in [0.25, 0.3) is 0 Å². The lowest BCUT2D eigenvalue weighted by atomic mass is 10.0. The predicted octanol–water partition coefficient (Wildman–Crippen LogP) is 3.30. The van der Waals surface area contributed by atoms with Crippen molar-refractivity contribution in [2.24, 2.45) is 4.99 Å². The van der Waals surface area contributed by atoms with Gasteiger partial charge >= 0.3 is 0 Å². The second-order valence-electron chi connectivity index (χ2n) is 6.18. The summed E-state index contributed by atoms with van der Waals surface area (Å²) in [5.74, 6) is 0.954. The first-order valence-electron chi connectivity index (χ1n) is 8.79. The zero-order valence-electron chi connectivity index (χ0n) is 15.2. The second kappa shape index (κ2) is 8.45. The molecule has 1 atom stereocenters. The van der Waals surface area contributed by atoms with E-state index in [9.17, 15) is 0 Å². The quantitative estimate of drug-likeness (QED) is 0.673. The van der Waals surface area contributed by atoms with Crippen molar-refractivity contribution in [1.82, 2.24) is 15.2 Å². The Hall–Kier alpha value is -1.92. The summed E-state index contributed by atoms with van der Waals surface area (Å²) in [7, 11) is 0. The number of morpholine rings is 1. The monoisotopic (exact) mass is 358 g/mol. The number of thiazole rings is 1. The third-order valence-electron chi connectivity index (χ3n) is 4.29. The zero-order valence-corrected chi connectivity index (χ0v) is 16.0. The van der Waals surface area contributed by atoms with E-state index in [1.165, 1.54) is 16.0 Å². The number of ether oxygens (including phenoxy) is 1. The summed E-state index contributed by atoms with van der Waals surface area (Å²) < 4.78 is 6.04. The van der Waals surface area contributed by atoms with Crippen molar-refractivity contribution >= 4 is 17.3 Å². The minimum Gasteiger partial charge on any atom is -0.370 e. The highest BCUT2D eigenvalue weighted by Crippen LogP contribution is 2.25. The van der Waals surface area contributed by atoms with E-state index in [0.29, 0.717) is 13.2 Å². The van der Waals surface area contributed by atoms with Gasteiger partial charge in [0, 0.05) is 24.2 Å². The summed E-state index contributed by atoms with van der Waals surface area (Å²) in [6.07, 6.45) is 2.01. The van der Waals surface area contributed by atoms with Crippen LogP contribution in [0.4, 0.5) is 0 Å². The Labute approximate surface area is 153 Å². The number of aliphatic imine (C=N–C) groups is 1. The van der Waals surface area contributed by atoms with E-state index in [0.717, 1.165) is 30.6 Å². The van der Waals surface area contributed by atoms with Gasteiger partial charge in [-0.15, -0.1) is 11.3 Å². The molecule has 5 nitrogen and oxygen atoms in total. The van der Waals surface area contributed by atoms with E-state index in [2.05, 4.69) is 53.3 Å². The van der Waals surface area contributed by atoms with Crippen molar-refractivity contribution in [3.63, 3.8) is 0 Å². The van der Waals surface area contributed by atoms with Gasteiger partial charge < -0.3 is 15.0 Å². The topological polar surface area (TPSA) is 49.8 Å². The standard InChI is InChI=1S/C19H26N4OS/c1-4-20-19(22-12-16-11-21-15(3)25-16)23-9-10-24-18(13-23)17-8-6-5-7-14(17)2/h5-8,11,18H,4,9-10,12-13H2,1-3H3,(H,20,22). The maximum absolute atomic E-state index is 6.04. The third kappa shape index (κ3) is 4.58. The van der Waals surface area contributed by atoms with Gasteiger partial charge in [-0.2, -0.15) is 0 Å². The van der Waals surface area contributed by atoms with E-state index in [1.54, 1.807) is 11.3 Å². The molecule has 0 aliphatic carbocycles. The van der Waals surface area contributed by atoms with Gasteiger partial charge in [0.15, 0.2) is 5.96 Å². The lowest BCUT2D eigenvalue weighted by Crippen LogP contribution is -2.48. The Morgan fingerprint density at radius 3 is 2.96 bits per heavy atom. The predicted molar refractivity (Wildman–Crippen MR) is 103 cm³/mol. The molecule has 1 aliphatic heterocycles. The molecular weight excluding hydrogens is 332 g/mol. The average Bonchev–Trinajstić information content (AvgIpc) is 3.04. The van der Waals surface area contributed by atoms with Crippen molar-refractivity contribution in [3.8, 4) is 0 Å². The minimum absolute atomic E-state index is 0.0875. The highest BCUT2D eigenvalue weighted by Gasteiger charge is 2.25. The Morgan fingerprint density at radius 2 is 2.24 bits per heavy atom. The van der Waals surface area contributed by atoms with Crippen LogP contribution in [0.15, 0.2) is 35.5 Å². The maximum Gasteiger partial charge on any atom is 0.194 e. The Kier molecular flexibility index (Phi) is 6.04.